The fourth-order valence-corrected chi connectivity index (χ4v) is 7.98. The molecule has 2 rings (SSSR count). The van der Waals surface area contributed by atoms with E-state index in [0.717, 1.165) is 83.5 Å². The maximum Gasteiger partial charge on any atom is 0.306 e. The van der Waals surface area contributed by atoms with Crippen molar-refractivity contribution in [3.63, 3.8) is 0 Å². The molecule has 390 valence electrons. The Hall–Kier alpha value is -2.05. The third-order valence-electron chi connectivity index (χ3n) is 12.3. The van der Waals surface area contributed by atoms with Gasteiger partial charge in [0.15, 0.2) is 12.6 Å². The van der Waals surface area contributed by atoms with Crippen LogP contribution in [0, 0.1) is 0 Å². The summed E-state index contributed by atoms with van der Waals surface area (Å²) in [5, 5.41) is 72.1. The van der Waals surface area contributed by atoms with Crippen LogP contribution in [0.2, 0.25) is 0 Å². The van der Waals surface area contributed by atoms with Gasteiger partial charge < -0.3 is 64.2 Å². The number of carbonyl (C=O) groups is 1. The molecule has 2 aliphatic rings. The molecule has 2 heterocycles. The lowest BCUT2D eigenvalue weighted by molar-refractivity contribution is -0.332. The minimum Gasteiger partial charge on any atom is -0.457 e. The zero-order valence-electron chi connectivity index (χ0n) is 41.4. The van der Waals surface area contributed by atoms with Crippen molar-refractivity contribution in [1.29, 1.82) is 0 Å². The summed E-state index contributed by atoms with van der Waals surface area (Å²) in [6.07, 6.45) is 30.3. The van der Waals surface area contributed by atoms with Crippen LogP contribution < -0.4 is 0 Å². The molecule has 0 spiro atoms. The summed E-state index contributed by atoms with van der Waals surface area (Å²) in [6, 6.07) is 0. The summed E-state index contributed by atoms with van der Waals surface area (Å²) in [7, 11) is 0. The highest BCUT2D eigenvalue weighted by Gasteiger charge is 2.47. The van der Waals surface area contributed by atoms with Crippen LogP contribution in [0.5, 0.6) is 0 Å². The number of rotatable bonds is 41. The van der Waals surface area contributed by atoms with Crippen molar-refractivity contribution < 1.29 is 69.0 Å². The van der Waals surface area contributed by atoms with Gasteiger partial charge in [-0.3, -0.25) is 4.79 Å². The maximum atomic E-state index is 13.0. The van der Waals surface area contributed by atoms with Gasteiger partial charge in [-0.25, -0.2) is 0 Å². The fourth-order valence-electron chi connectivity index (χ4n) is 7.98. The van der Waals surface area contributed by atoms with E-state index in [2.05, 4.69) is 62.5 Å². The molecule has 0 aliphatic carbocycles. The number of aliphatic hydroxyl groups is 7. The van der Waals surface area contributed by atoms with Gasteiger partial charge in [0.25, 0.3) is 0 Å². The van der Waals surface area contributed by atoms with Crippen LogP contribution in [0.3, 0.4) is 0 Å². The first-order valence-electron chi connectivity index (χ1n) is 26.2. The number of carbonyl (C=O) groups excluding carboxylic acids is 1. The third kappa shape index (κ3) is 28.4. The van der Waals surface area contributed by atoms with Gasteiger partial charge in [-0.1, -0.05) is 152 Å². The Morgan fingerprint density at radius 2 is 0.940 bits per heavy atom. The molecule has 0 aromatic carbocycles. The van der Waals surface area contributed by atoms with Crippen LogP contribution in [0.4, 0.5) is 0 Å². The van der Waals surface area contributed by atoms with Crippen molar-refractivity contribution in [3.05, 3.63) is 48.6 Å². The van der Waals surface area contributed by atoms with Gasteiger partial charge >= 0.3 is 5.97 Å². The molecule has 2 saturated heterocycles. The molecule has 11 atom stereocenters. The summed E-state index contributed by atoms with van der Waals surface area (Å²) in [5.74, 6) is -0.392. The Morgan fingerprint density at radius 3 is 1.51 bits per heavy atom. The van der Waals surface area contributed by atoms with Gasteiger partial charge in [-0.2, -0.15) is 0 Å². The first-order chi connectivity index (χ1) is 32.6. The average molecular weight is 955 g/mol. The lowest BCUT2D eigenvalue weighted by atomic mass is 9.98. The molecule has 2 fully saturated rings. The highest BCUT2D eigenvalue weighted by Crippen LogP contribution is 2.26. The summed E-state index contributed by atoms with van der Waals surface area (Å²) < 4.78 is 34.2. The van der Waals surface area contributed by atoms with Gasteiger partial charge in [-0.05, 0) is 70.6 Å². The second kappa shape index (κ2) is 40.7. The number of ether oxygens (including phenoxy) is 6. The second-order valence-electron chi connectivity index (χ2n) is 18.3. The second-order valence-corrected chi connectivity index (χ2v) is 18.3. The van der Waals surface area contributed by atoms with Crippen LogP contribution in [-0.4, -0.2) is 142 Å². The fraction of sp³-hybridized carbons (Fsp3) is 0.830. The monoisotopic (exact) mass is 955 g/mol. The Morgan fingerprint density at radius 1 is 0.493 bits per heavy atom. The Bertz CT molecular complexity index is 1290. The van der Waals surface area contributed by atoms with E-state index >= 15 is 0 Å². The average Bonchev–Trinajstić information content (AvgIpc) is 3.32. The number of hydrogen-bond acceptors (Lipinski definition) is 14. The number of aliphatic hydroxyl groups excluding tert-OH is 7. The zero-order valence-corrected chi connectivity index (χ0v) is 41.4. The number of esters is 1. The van der Waals surface area contributed by atoms with E-state index in [1.165, 1.54) is 70.6 Å². The smallest absolute Gasteiger partial charge is 0.306 e. The summed E-state index contributed by atoms with van der Waals surface area (Å²) >= 11 is 0. The molecule has 7 N–H and O–H groups in total. The number of unbranched alkanes of at least 4 members (excludes halogenated alkanes) is 19. The Balaban J connectivity index is 1.75. The van der Waals surface area contributed by atoms with Crippen molar-refractivity contribution in [2.45, 2.75) is 248 Å². The van der Waals surface area contributed by atoms with E-state index in [-0.39, 0.29) is 19.6 Å². The van der Waals surface area contributed by atoms with Crippen LogP contribution in [-0.2, 0) is 33.2 Å². The molecule has 0 saturated carbocycles. The van der Waals surface area contributed by atoms with Crippen LogP contribution >= 0.6 is 0 Å². The minimum absolute atomic E-state index is 0.0507. The van der Waals surface area contributed by atoms with Crippen LogP contribution in [0.1, 0.15) is 181 Å². The molecule has 0 bridgehead atoms. The van der Waals surface area contributed by atoms with Gasteiger partial charge in [0.05, 0.1) is 26.4 Å². The molecule has 67 heavy (non-hydrogen) atoms. The normalized spacial score (nSPS) is 26.5. The van der Waals surface area contributed by atoms with Gasteiger partial charge in [0.1, 0.15) is 54.9 Å². The first-order valence-corrected chi connectivity index (χ1v) is 26.2. The SMILES string of the molecule is CCCC/C=C\CCCCCCCCOCC(COC1OC(COC2OC(CO)C(O)C(O)C2O)C(O)C(O)C1O)OC(=O)CCCCCCCC/C=C\C/C=C\C/C=C\CCCCCCC. The molecule has 11 unspecified atom stereocenters. The molecule has 14 nitrogen and oxygen atoms in total. The van der Waals surface area contributed by atoms with Crippen LogP contribution in [0.15, 0.2) is 48.6 Å². The van der Waals surface area contributed by atoms with Crippen molar-refractivity contribution in [2.75, 3.05) is 33.0 Å². The van der Waals surface area contributed by atoms with Crippen molar-refractivity contribution in [2.24, 2.45) is 0 Å². The van der Waals surface area contributed by atoms with Gasteiger partial charge in [0, 0.05) is 13.0 Å². The van der Waals surface area contributed by atoms with E-state index in [9.17, 15) is 40.5 Å². The molecule has 0 radical (unpaired) electrons. The summed E-state index contributed by atoms with van der Waals surface area (Å²) in [6.45, 7) is 3.60. The largest absolute Gasteiger partial charge is 0.457 e. The van der Waals surface area contributed by atoms with E-state index in [1.807, 2.05) is 0 Å². The zero-order chi connectivity index (χ0) is 48.7. The van der Waals surface area contributed by atoms with E-state index in [0.29, 0.717) is 13.0 Å². The maximum absolute atomic E-state index is 13.0. The molecule has 0 aromatic heterocycles. The molecular weight excluding hydrogens is 861 g/mol. The standard InChI is InChI=1S/C53H94O14/c1-3-5-7-9-11-13-15-17-18-19-20-21-22-23-24-25-26-28-30-32-34-36-45(55)65-42(39-62-37-35-33-31-29-27-16-14-12-10-8-6-4-2)40-63-52-51(61)49(59)47(57)44(67-52)41-64-53-50(60)48(58)46(56)43(38-54)66-53/h10,12,15,17,19-20,22-23,42-44,46-54,56-61H,3-9,11,13-14,16,18,21,24-41H2,1-2H3/b12-10-,17-15-,20-19-,23-22-. The highest BCUT2D eigenvalue weighted by atomic mass is 16.7. The Kier molecular flexibility index (Phi) is 37.1. The molecule has 14 heteroatoms. The predicted molar refractivity (Wildman–Crippen MR) is 261 cm³/mol. The van der Waals surface area contributed by atoms with E-state index in [4.69, 9.17) is 28.4 Å². The first kappa shape index (κ1) is 61.1. The molecule has 2 aliphatic heterocycles. The predicted octanol–water partition coefficient (Wildman–Crippen LogP) is 7.96. The van der Waals surface area contributed by atoms with Crippen LogP contribution in [0.25, 0.3) is 0 Å². The summed E-state index contributed by atoms with van der Waals surface area (Å²) in [4.78, 5) is 13.0. The summed E-state index contributed by atoms with van der Waals surface area (Å²) in [5.41, 5.74) is 0. The molecule has 0 aromatic rings. The van der Waals surface area contributed by atoms with Crippen molar-refractivity contribution >= 4 is 5.97 Å². The highest BCUT2D eigenvalue weighted by molar-refractivity contribution is 5.69. The molecule has 0 amide bonds. The van der Waals surface area contributed by atoms with Crippen molar-refractivity contribution in [1.82, 2.24) is 0 Å². The number of hydrogen-bond donors (Lipinski definition) is 7. The van der Waals surface area contributed by atoms with E-state index < -0.39 is 86.7 Å². The van der Waals surface area contributed by atoms with Crippen molar-refractivity contribution in [3.8, 4) is 0 Å². The van der Waals surface area contributed by atoms with Gasteiger partial charge in [0.2, 0.25) is 0 Å². The lowest BCUT2D eigenvalue weighted by Crippen LogP contribution is -2.61. The third-order valence-corrected chi connectivity index (χ3v) is 12.3. The lowest BCUT2D eigenvalue weighted by Gasteiger charge is -2.42. The Labute approximate surface area is 403 Å². The minimum atomic E-state index is -1.71. The topological polar surface area (TPSA) is 214 Å². The van der Waals surface area contributed by atoms with E-state index in [1.54, 1.807) is 0 Å². The number of allylic oxidation sites excluding steroid dienone is 8. The quantitative estimate of drug-likeness (QED) is 0.0176. The molecular formula is C53H94O14. The van der Waals surface area contributed by atoms with Gasteiger partial charge in [-0.15, -0.1) is 0 Å².